The van der Waals surface area contributed by atoms with E-state index in [1.165, 1.54) is 11.1 Å². The van der Waals surface area contributed by atoms with Crippen molar-refractivity contribution >= 4 is 19.4 Å². The third-order valence-corrected chi connectivity index (χ3v) is 6.30. The van der Waals surface area contributed by atoms with Crippen LogP contribution in [0.1, 0.15) is 59.9 Å². The van der Waals surface area contributed by atoms with Crippen molar-refractivity contribution in [2.24, 2.45) is 5.92 Å². The van der Waals surface area contributed by atoms with E-state index in [1.54, 1.807) is 0 Å². The first-order valence-electron chi connectivity index (χ1n) is 9.33. The second-order valence-corrected chi connectivity index (χ2v) is 8.84. The molecule has 0 amide bonds. The molecule has 0 bridgehead atoms. The van der Waals surface area contributed by atoms with Crippen LogP contribution in [0.5, 0.6) is 5.75 Å². The van der Waals surface area contributed by atoms with Crippen molar-refractivity contribution in [3.63, 3.8) is 0 Å². The Balaban J connectivity index is 0.00000364. The van der Waals surface area contributed by atoms with Crippen LogP contribution in [0.15, 0.2) is 24.3 Å². The zero-order chi connectivity index (χ0) is 19.4. The molecule has 0 spiro atoms. The summed E-state index contributed by atoms with van der Waals surface area (Å²) in [5, 5.41) is 1.10. The van der Waals surface area contributed by atoms with Gasteiger partial charge in [0.15, 0.2) is 5.52 Å². The van der Waals surface area contributed by atoms with Crippen LogP contribution in [0, 0.1) is 40.5 Å². The normalized spacial score (nSPS) is 11.1. The summed E-state index contributed by atoms with van der Waals surface area (Å²) in [6, 6.07) is 8.21. The van der Waals surface area contributed by atoms with E-state index in [2.05, 4.69) is 53.7 Å². The Morgan fingerprint density at radius 2 is 1.67 bits per heavy atom. The fraction of sp³-hybridized carbons (Fsp3) is 0.435. The molecule has 0 fully saturated rings. The predicted molar refractivity (Wildman–Crippen MR) is 115 cm³/mol. The molecule has 2 aromatic rings. The number of carbonyl (C=O) groups is 1. The number of ether oxygens (including phenoxy) is 1. The summed E-state index contributed by atoms with van der Waals surface area (Å²) in [6.45, 7) is 15.5. The van der Waals surface area contributed by atoms with Crippen LogP contribution in [0.2, 0.25) is 0 Å². The Hall–Kier alpha value is -1.06. The quantitative estimate of drug-likeness (QED) is 0.547. The molecule has 0 aliphatic rings. The summed E-state index contributed by atoms with van der Waals surface area (Å²) in [5.41, 5.74) is 6.90. The molecule has 0 N–H and O–H groups in total. The smallest absolute Gasteiger partial charge is 1.00 e. The molecule has 0 aromatic heterocycles. The second-order valence-electron chi connectivity index (χ2n) is 7.60. The molecule has 0 aliphatic carbocycles. The van der Waals surface area contributed by atoms with Crippen molar-refractivity contribution in [2.75, 3.05) is 6.61 Å². The van der Waals surface area contributed by atoms with Gasteiger partial charge in [0, 0.05) is 5.56 Å². The van der Waals surface area contributed by atoms with Crippen molar-refractivity contribution in [3.8, 4) is 5.75 Å². The summed E-state index contributed by atoms with van der Waals surface area (Å²) < 4.78 is 5.83. The van der Waals surface area contributed by atoms with Crippen molar-refractivity contribution in [2.45, 2.75) is 54.9 Å². The molecular formula is C23H32LiO2P. The zero-order valence-corrected chi connectivity index (χ0v) is 19.1. The Labute approximate surface area is 179 Å². The van der Waals surface area contributed by atoms with Crippen LogP contribution in [0.3, 0.4) is 0 Å². The predicted octanol–water partition coefficient (Wildman–Crippen LogP) is 2.91. The maximum atomic E-state index is 13.0. The van der Waals surface area contributed by atoms with Gasteiger partial charge in [-0.3, -0.25) is 4.79 Å². The summed E-state index contributed by atoms with van der Waals surface area (Å²) in [4.78, 5) is 13.0. The molecule has 0 heterocycles. The fourth-order valence-electron chi connectivity index (χ4n) is 3.10. The third-order valence-electron chi connectivity index (χ3n) is 4.99. The van der Waals surface area contributed by atoms with Crippen LogP contribution in [0.25, 0.3) is 0 Å². The minimum absolute atomic E-state index is 0. The number of hydrogen-bond acceptors (Lipinski definition) is 2. The summed E-state index contributed by atoms with van der Waals surface area (Å²) in [5.74, 6) is 1.53. The molecule has 0 aliphatic heterocycles. The van der Waals surface area contributed by atoms with E-state index in [-0.39, 0.29) is 34.4 Å². The average molecular weight is 378 g/mol. The van der Waals surface area contributed by atoms with E-state index in [0.717, 1.165) is 46.3 Å². The van der Waals surface area contributed by atoms with Crippen LogP contribution < -0.4 is 28.9 Å². The first kappa shape index (κ1) is 24.0. The van der Waals surface area contributed by atoms with Gasteiger partial charge < -0.3 is 6.16 Å². The summed E-state index contributed by atoms with van der Waals surface area (Å²) >= 11 is 0. The molecule has 0 saturated heterocycles. The van der Waals surface area contributed by atoms with Gasteiger partial charge >= 0.3 is 18.9 Å². The summed E-state index contributed by atoms with van der Waals surface area (Å²) in [7, 11) is 0.141. The first-order chi connectivity index (χ1) is 12.2. The van der Waals surface area contributed by atoms with Gasteiger partial charge in [0.2, 0.25) is 0 Å². The molecule has 2 aromatic carbocycles. The van der Waals surface area contributed by atoms with Gasteiger partial charge in [0.1, 0.15) is 5.75 Å². The van der Waals surface area contributed by atoms with E-state index in [0.29, 0.717) is 5.92 Å². The molecule has 4 heteroatoms. The minimum Gasteiger partial charge on any atom is -1.00 e. The molecule has 27 heavy (non-hydrogen) atoms. The molecule has 2 nitrogen and oxygen atoms in total. The van der Waals surface area contributed by atoms with Crippen LogP contribution >= 0.6 is 8.58 Å². The minimum atomic E-state index is 0. The molecule has 142 valence electrons. The first-order valence-corrected chi connectivity index (χ1v) is 10.3. The Kier molecular flexibility index (Phi) is 9.30. The number of benzene rings is 2. The standard InChI is InChI=1S/C23H31O2P.Li.H/c1-14(2)10-11-25-20-8-9-21(16(4)13-20)26-23(24)22-17(5)12-15(3)18(6)19(22)7;;/h8-9,12-14,26H,10-11H2,1-7H3;;/q;+1;-1. The topological polar surface area (TPSA) is 26.3 Å². The van der Waals surface area contributed by atoms with Gasteiger partial charge in [-0.25, -0.2) is 0 Å². The number of carbonyl (C=O) groups excluding carboxylic acids is 1. The van der Waals surface area contributed by atoms with E-state index in [4.69, 9.17) is 4.74 Å². The molecule has 0 saturated carbocycles. The molecule has 1 atom stereocenters. The van der Waals surface area contributed by atoms with Crippen LogP contribution in [0.4, 0.5) is 0 Å². The molecule has 1 unspecified atom stereocenters. The Morgan fingerprint density at radius 1 is 1.00 bits per heavy atom. The third kappa shape index (κ3) is 6.22. The van der Waals surface area contributed by atoms with Gasteiger partial charge in [-0.05, 0) is 101 Å². The van der Waals surface area contributed by atoms with Crippen LogP contribution in [-0.4, -0.2) is 12.1 Å². The van der Waals surface area contributed by atoms with E-state index in [9.17, 15) is 4.79 Å². The monoisotopic (exact) mass is 378 g/mol. The SMILES string of the molecule is Cc1cc(OCCC(C)C)ccc1PC(=O)c1c(C)cc(C)c(C)c1C.[H-].[Li+]. The van der Waals surface area contributed by atoms with E-state index >= 15 is 0 Å². The van der Waals surface area contributed by atoms with Crippen LogP contribution in [-0.2, 0) is 0 Å². The summed E-state index contributed by atoms with van der Waals surface area (Å²) in [6.07, 6.45) is 1.05. The van der Waals surface area contributed by atoms with E-state index < -0.39 is 0 Å². The Bertz CT molecular complexity index is 819. The van der Waals surface area contributed by atoms with Gasteiger partial charge in [0.25, 0.3) is 0 Å². The van der Waals surface area contributed by atoms with Crippen molar-refractivity contribution in [1.82, 2.24) is 0 Å². The van der Waals surface area contributed by atoms with E-state index in [1.807, 2.05) is 19.1 Å². The van der Waals surface area contributed by atoms with Crippen molar-refractivity contribution < 1.29 is 29.8 Å². The van der Waals surface area contributed by atoms with Gasteiger partial charge in [-0.15, -0.1) is 0 Å². The average Bonchev–Trinajstić information content (AvgIpc) is 2.55. The second kappa shape index (κ2) is 10.5. The zero-order valence-electron chi connectivity index (χ0n) is 19.1. The van der Waals surface area contributed by atoms with Gasteiger partial charge in [0.05, 0.1) is 6.61 Å². The van der Waals surface area contributed by atoms with Crippen molar-refractivity contribution in [1.29, 1.82) is 0 Å². The maximum absolute atomic E-state index is 13.0. The number of rotatable bonds is 7. The van der Waals surface area contributed by atoms with Gasteiger partial charge in [-0.2, -0.15) is 0 Å². The molecule has 2 rings (SSSR count). The van der Waals surface area contributed by atoms with Crippen molar-refractivity contribution in [3.05, 3.63) is 57.6 Å². The Morgan fingerprint density at radius 3 is 2.26 bits per heavy atom. The fourth-order valence-corrected chi connectivity index (χ4v) is 4.29. The molecular weight excluding hydrogens is 346 g/mol. The largest absolute Gasteiger partial charge is 1.00 e. The maximum Gasteiger partial charge on any atom is 1.00 e. The number of aryl methyl sites for hydroxylation is 3. The molecule has 0 radical (unpaired) electrons. The number of hydrogen-bond donors (Lipinski definition) is 0. The van der Waals surface area contributed by atoms with Gasteiger partial charge in [-0.1, -0.05) is 26.0 Å².